The standard InChI is InChI=1S/C15H17ClN4O/c16-13-4-1-5-19-15(13)21-11-12-3-2-8-20(10-12)14-9-17-6-7-18-14/h1,4-7,9,12H,2-3,8,10-11H2. The molecule has 0 aromatic carbocycles. The van der Waals surface area contributed by atoms with Crippen LogP contribution in [0.1, 0.15) is 12.8 Å². The SMILES string of the molecule is Clc1cccnc1OCC1CCCN(c2cnccn2)C1. The summed E-state index contributed by atoms with van der Waals surface area (Å²) in [6.45, 7) is 2.55. The van der Waals surface area contributed by atoms with Gasteiger partial charge in [0.2, 0.25) is 5.88 Å². The Bertz CT molecular complexity index is 581. The third kappa shape index (κ3) is 3.61. The van der Waals surface area contributed by atoms with Crippen molar-refractivity contribution in [3.8, 4) is 5.88 Å². The second kappa shape index (κ2) is 6.72. The van der Waals surface area contributed by atoms with Crippen LogP contribution in [0.3, 0.4) is 0 Å². The van der Waals surface area contributed by atoms with Crippen molar-refractivity contribution in [3.05, 3.63) is 41.9 Å². The minimum Gasteiger partial charge on any atom is -0.476 e. The number of pyridine rings is 1. The Morgan fingerprint density at radius 1 is 1.29 bits per heavy atom. The summed E-state index contributed by atoms with van der Waals surface area (Å²) in [4.78, 5) is 14.9. The first-order valence-electron chi connectivity index (χ1n) is 7.07. The summed E-state index contributed by atoms with van der Waals surface area (Å²) in [5, 5.41) is 0.555. The Balaban J connectivity index is 1.58. The van der Waals surface area contributed by atoms with Crippen molar-refractivity contribution in [1.29, 1.82) is 0 Å². The Hall–Kier alpha value is -1.88. The zero-order valence-corrected chi connectivity index (χ0v) is 12.4. The van der Waals surface area contributed by atoms with Gasteiger partial charge in [0.05, 0.1) is 12.8 Å². The molecule has 0 N–H and O–H groups in total. The first kappa shape index (κ1) is 14.1. The van der Waals surface area contributed by atoms with Crippen LogP contribution in [-0.2, 0) is 0 Å². The van der Waals surface area contributed by atoms with Gasteiger partial charge in [0.25, 0.3) is 0 Å². The van der Waals surface area contributed by atoms with E-state index in [4.69, 9.17) is 16.3 Å². The van der Waals surface area contributed by atoms with Crippen molar-refractivity contribution in [2.45, 2.75) is 12.8 Å². The van der Waals surface area contributed by atoms with E-state index in [1.807, 2.05) is 0 Å². The van der Waals surface area contributed by atoms with Gasteiger partial charge in [-0.25, -0.2) is 9.97 Å². The molecule has 1 saturated heterocycles. The normalized spacial score (nSPS) is 18.5. The first-order chi connectivity index (χ1) is 10.3. The molecule has 2 aromatic heterocycles. The number of hydrogen-bond donors (Lipinski definition) is 0. The van der Waals surface area contributed by atoms with E-state index in [2.05, 4.69) is 19.9 Å². The minimum absolute atomic E-state index is 0.443. The molecule has 1 aliphatic rings. The average molecular weight is 305 g/mol. The molecule has 21 heavy (non-hydrogen) atoms. The summed E-state index contributed by atoms with van der Waals surface area (Å²) in [5.74, 6) is 1.88. The number of halogens is 1. The molecule has 1 aliphatic heterocycles. The largest absolute Gasteiger partial charge is 0.476 e. The van der Waals surface area contributed by atoms with Crippen molar-refractivity contribution in [2.24, 2.45) is 5.92 Å². The summed E-state index contributed by atoms with van der Waals surface area (Å²) in [7, 11) is 0. The molecule has 3 heterocycles. The van der Waals surface area contributed by atoms with E-state index >= 15 is 0 Å². The molecule has 0 amide bonds. The summed E-state index contributed by atoms with van der Waals surface area (Å²) < 4.78 is 5.75. The predicted molar refractivity (Wildman–Crippen MR) is 81.7 cm³/mol. The van der Waals surface area contributed by atoms with Crippen LogP contribution in [0.25, 0.3) is 0 Å². The molecule has 0 radical (unpaired) electrons. The molecule has 0 aliphatic carbocycles. The molecule has 1 unspecified atom stereocenters. The quantitative estimate of drug-likeness (QED) is 0.869. The van der Waals surface area contributed by atoms with E-state index in [-0.39, 0.29) is 0 Å². The van der Waals surface area contributed by atoms with Crippen molar-refractivity contribution in [2.75, 3.05) is 24.6 Å². The Morgan fingerprint density at radius 2 is 2.24 bits per heavy atom. The number of hydrogen-bond acceptors (Lipinski definition) is 5. The summed E-state index contributed by atoms with van der Waals surface area (Å²) >= 11 is 6.05. The Labute approximate surface area is 129 Å². The maximum absolute atomic E-state index is 6.05. The van der Waals surface area contributed by atoms with E-state index < -0.39 is 0 Å². The molecule has 5 nitrogen and oxygen atoms in total. The van der Waals surface area contributed by atoms with Gasteiger partial charge in [-0.05, 0) is 25.0 Å². The van der Waals surface area contributed by atoms with Crippen molar-refractivity contribution >= 4 is 17.4 Å². The van der Waals surface area contributed by atoms with Crippen molar-refractivity contribution in [3.63, 3.8) is 0 Å². The van der Waals surface area contributed by atoms with Gasteiger partial charge >= 0.3 is 0 Å². The monoisotopic (exact) mass is 304 g/mol. The van der Waals surface area contributed by atoms with E-state index in [0.717, 1.165) is 31.7 Å². The van der Waals surface area contributed by atoms with Gasteiger partial charge in [0.15, 0.2) is 0 Å². The predicted octanol–water partition coefficient (Wildman–Crippen LogP) is 2.82. The minimum atomic E-state index is 0.443. The molecular formula is C15H17ClN4O. The molecule has 1 atom stereocenters. The van der Waals surface area contributed by atoms with Crippen molar-refractivity contribution in [1.82, 2.24) is 15.0 Å². The summed E-state index contributed by atoms with van der Waals surface area (Å²) in [6, 6.07) is 3.59. The third-order valence-corrected chi connectivity index (χ3v) is 3.86. The maximum Gasteiger partial charge on any atom is 0.232 e. The summed E-state index contributed by atoms with van der Waals surface area (Å²) in [5.41, 5.74) is 0. The van der Waals surface area contributed by atoms with Crippen LogP contribution in [-0.4, -0.2) is 34.6 Å². The molecule has 3 rings (SSSR count). The number of rotatable bonds is 4. The number of anilines is 1. The van der Waals surface area contributed by atoms with Gasteiger partial charge in [0.1, 0.15) is 10.8 Å². The fraction of sp³-hybridized carbons (Fsp3) is 0.400. The van der Waals surface area contributed by atoms with Gasteiger partial charge in [-0.3, -0.25) is 4.98 Å². The molecule has 0 saturated carbocycles. The zero-order chi connectivity index (χ0) is 14.5. The van der Waals surface area contributed by atoms with Crippen LogP contribution in [0.2, 0.25) is 5.02 Å². The Morgan fingerprint density at radius 3 is 3.05 bits per heavy atom. The van der Waals surface area contributed by atoms with Crippen LogP contribution >= 0.6 is 11.6 Å². The lowest BCUT2D eigenvalue weighted by Gasteiger charge is -2.33. The molecule has 0 spiro atoms. The highest BCUT2D eigenvalue weighted by Crippen LogP contribution is 2.24. The lowest BCUT2D eigenvalue weighted by molar-refractivity contribution is 0.221. The maximum atomic E-state index is 6.05. The van der Waals surface area contributed by atoms with Gasteiger partial charge in [-0.1, -0.05) is 11.6 Å². The molecule has 6 heteroatoms. The third-order valence-electron chi connectivity index (χ3n) is 3.57. The molecular weight excluding hydrogens is 288 g/mol. The van der Waals surface area contributed by atoms with E-state index in [1.54, 1.807) is 36.9 Å². The van der Waals surface area contributed by atoms with Crippen LogP contribution in [0, 0.1) is 5.92 Å². The first-order valence-corrected chi connectivity index (χ1v) is 7.45. The van der Waals surface area contributed by atoms with Gasteiger partial charge in [-0.2, -0.15) is 0 Å². The lowest BCUT2D eigenvalue weighted by atomic mass is 9.99. The second-order valence-electron chi connectivity index (χ2n) is 5.12. The van der Waals surface area contributed by atoms with E-state index in [1.165, 1.54) is 0 Å². The zero-order valence-electron chi connectivity index (χ0n) is 11.7. The number of ether oxygens (including phenoxy) is 1. The van der Waals surface area contributed by atoms with E-state index in [0.29, 0.717) is 23.4 Å². The topological polar surface area (TPSA) is 51.1 Å². The van der Waals surface area contributed by atoms with Crippen LogP contribution < -0.4 is 9.64 Å². The van der Waals surface area contributed by atoms with Gasteiger partial charge in [0, 0.05) is 37.6 Å². The van der Waals surface area contributed by atoms with Crippen LogP contribution in [0.5, 0.6) is 5.88 Å². The molecule has 110 valence electrons. The smallest absolute Gasteiger partial charge is 0.232 e. The van der Waals surface area contributed by atoms with Crippen LogP contribution in [0.4, 0.5) is 5.82 Å². The fourth-order valence-electron chi connectivity index (χ4n) is 2.54. The molecule has 1 fully saturated rings. The van der Waals surface area contributed by atoms with Crippen molar-refractivity contribution < 1.29 is 4.74 Å². The highest BCUT2D eigenvalue weighted by atomic mass is 35.5. The van der Waals surface area contributed by atoms with Gasteiger partial charge in [-0.15, -0.1) is 0 Å². The second-order valence-corrected chi connectivity index (χ2v) is 5.53. The van der Waals surface area contributed by atoms with Gasteiger partial charge < -0.3 is 9.64 Å². The Kier molecular flexibility index (Phi) is 4.50. The molecule has 0 bridgehead atoms. The highest BCUT2D eigenvalue weighted by molar-refractivity contribution is 6.31. The molecule has 2 aromatic rings. The lowest BCUT2D eigenvalue weighted by Crippen LogP contribution is -2.38. The number of nitrogens with zero attached hydrogens (tertiary/aromatic N) is 4. The fourth-order valence-corrected chi connectivity index (χ4v) is 2.71. The summed E-state index contributed by atoms with van der Waals surface area (Å²) in [6.07, 6.45) is 9.18. The highest BCUT2D eigenvalue weighted by Gasteiger charge is 2.22. The average Bonchev–Trinajstić information content (AvgIpc) is 2.55. The number of aromatic nitrogens is 3. The van der Waals surface area contributed by atoms with E-state index in [9.17, 15) is 0 Å². The number of piperidine rings is 1. The van der Waals surface area contributed by atoms with Crippen LogP contribution in [0.15, 0.2) is 36.9 Å².